The first-order valence-corrected chi connectivity index (χ1v) is 5.83. The zero-order valence-electron chi connectivity index (χ0n) is 7.31. The lowest BCUT2D eigenvalue weighted by Crippen LogP contribution is -1.87. The minimum absolute atomic E-state index is 0.654. The Morgan fingerprint density at radius 2 is 2.00 bits per heavy atom. The number of rotatable bonds is 0. The van der Waals surface area contributed by atoms with Crippen molar-refractivity contribution in [1.82, 2.24) is 4.98 Å². The lowest BCUT2D eigenvalue weighted by molar-refractivity contribution is 1.33. The molecule has 2 rings (SSSR count). The van der Waals surface area contributed by atoms with Crippen molar-refractivity contribution in [3.8, 4) is 0 Å². The average molecular weight is 338 g/mol. The number of benzene rings is 1. The highest BCUT2D eigenvalue weighted by Gasteiger charge is 2.09. The second-order valence-electron chi connectivity index (χ2n) is 3.01. The van der Waals surface area contributed by atoms with Crippen LogP contribution in [0.5, 0.6) is 0 Å². The lowest BCUT2D eigenvalue weighted by Gasteiger charge is -2.06. The van der Waals surface area contributed by atoms with Crippen molar-refractivity contribution in [3.63, 3.8) is 0 Å². The van der Waals surface area contributed by atoms with Gasteiger partial charge >= 0.3 is 0 Å². The summed E-state index contributed by atoms with van der Waals surface area (Å²) in [5.74, 6) is 0. The Kier molecular flexibility index (Phi) is 2.86. The Labute approximate surface area is 106 Å². The number of pyridine rings is 1. The maximum absolute atomic E-state index is 6.18. The molecular weight excluding hydrogens is 332 g/mol. The molecule has 1 aromatic carbocycles. The summed E-state index contributed by atoms with van der Waals surface area (Å²) in [6.45, 7) is 1.92. The van der Waals surface area contributed by atoms with Crippen molar-refractivity contribution in [2.45, 2.75) is 6.92 Å². The van der Waals surface area contributed by atoms with E-state index in [1.165, 1.54) is 0 Å². The molecule has 0 aliphatic rings. The van der Waals surface area contributed by atoms with Crippen LogP contribution in [0.1, 0.15) is 5.56 Å². The first-order valence-electron chi connectivity index (χ1n) is 4.00. The predicted octanol–water partition coefficient (Wildman–Crippen LogP) is 4.45. The van der Waals surface area contributed by atoms with Crippen molar-refractivity contribution in [2.24, 2.45) is 0 Å². The Balaban J connectivity index is 3.01. The third-order valence-electron chi connectivity index (χ3n) is 2.03. The molecule has 0 fully saturated rings. The van der Waals surface area contributed by atoms with Gasteiger partial charge in [0.25, 0.3) is 0 Å². The summed E-state index contributed by atoms with van der Waals surface area (Å²) < 4.78 is 1.06. The van der Waals surface area contributed by atoms with E-state index in [1.807, 2.05) is 19.1 Å². The third-order valence-corrected chi connectivity index (χ3v) is 3.70. The second kappa shape index (κ2) is 3.83. The van der Waals surface area contributed by atoms with Gasteiger partial charge in [0.1, 0.15) is 0 Å². The molecule has 0 saturated heterocycles. The molecule has 0 aliphatic heterocycles. The number of nitrogens with zero attached hydrogens (tertiary/aromatic N) is 1. The van der Waals surface area contributed by atoms with Gasteiger partial charge in [0.2, 0.25) is 0 Å². The number of hydrogen-bond acceptors (Lipinski definition) is 1. The fraction of sp³-hybridized carbons (Fsp3) is 0.100. The summed E-state index contributed by atoms with van der Waals surface area (Å²) in [6, 6.07) is 3.78. The zero-order chi connectivity index (χ0) is 10.3. The van der Waals surface area contributed by atoms with E-state index in [0.717, 1.165) is 20.0 Å². The van der Waals surface area contributed by atoms with Crippen LogP contribution in [0.3, 0.4) is 0 Å². The van der Waals surface area contributed by atoms with Gasteiger partial charge < -0.3 is 0 Å². The van der Waals surface area contributed by atoms with Gasteiger partial charge in [-0.2, -0.15) is 0 Å². The predicted molar refractivity (Wildman–Crippen MR) is 69.2 cm³/mol. The van der Waals surface area contributed by atoms with Crippen LogP contribution in [0.2, 0.25) is 10.0 Å². The molecule has 72 valence electrons. The van der Waals surface area contributed by atoms with Crippen LogP contribution in [0.4, 0.5) is 0 Å². The van der Waals surface area contributed by atoms with Crippen LogP contribution in [0, 0.1) is 10.5 Å². The van der Waals surface area contributed by atoms with Crippen LogP contribution in [-0.2, 0) is 0 Å². The van der Waals surface area contributed by atoms with E-state index in [-0.39, 0.29) is 0 Å². The Bertz CT molecular complexity index is 511. The molecule has 0 N–H and O–H groups in total. The smallest absolute Gasteiger partial charge is 0.0865 e. The van der Waals surface area contributed by atoms with E-state index in [1.54, 1.807) is 6.20 Å². The van der Waals surface area contributed by atoms with Crippen LogP contribution >= 0.6 is 45.8 Å². The topological polar surface area (TPSA) is 12.9 Å². The average Bonchev–Trinajstić information content (AvgIpc) is 2.16. The van der Waals surface area contributed by atoms with Crippen LogP contribution in [0.25, 0.3) is 10.9 Å². The Hall–Kier alpha value is -0.0600. The molecule has 0 spiro atoms. The van der Waals surface area contributed by atoms with Crippen molar-refractivity contribution < 1.29 is 0 Å². The van der Waals surface area contributed by atoms with Gasteiger partial charge in [-0.05, 0) is 47.2 Å². The van der Waals surface area contributed by atoms with E-state index >= 15 is 0 Å². The maximum atomic E-state index is 6.18. The highest BCUT2D eigenvalue weighted by Crippen LogP contribution is 2.33. The summed E-state index contributed by atoms with van der Waals surface area (Å²) in [4.78, 5) is 4.33. The molecule has 1 heterocycles. The summed E-state index contributed by atoms with van der Waals surface area (Å²) in [5.41, 5.74) is 1.82. The van der Waals surface area contributed by atoms with Crippen LogP contribution < -0.4 is 0 Å². The SMILES string of the molecule is Cc1cnc2c(I)ccc(Cl)c2c1Cl. The van der Waals surface area contributed by atoms with Gasteiger partial charge in [-0.3, -0.25) is 4.98 Å². The lowest BCUT2D eigenvalue weighted by atomic mass is 10.2. The zero-order valence-corrected chi connectivity index (χ0v) is 11.0. The summed E-state index contributed by atoms with van der Waals surface area (Å²) in [5, 5.41) is 2.19. The maximum Gasteiger partial charge on any atom is 0.0865 e. The molecule has 0 amide bonds. The Morgan fingerprint density at radius 1 is 1.29 bits per heavy atom. The standard InChI is InChI=1S/C10H6Cl2IN/c1-5-4-14-10-7(13)3-2-6(11)8(10)9(5)12/h2-4H,1H3. The molecule has 1 nitrogen and oxygen atoms in total. The molecule has 0 unspecified atom stereocenters. The molecule has 0 saturated carbocycles. The quantitative estimate of drug-likeness (QED) is 0.647. The van der Waals surface area contributed by atoms with Gasteiger partial charge in [0.05, 0.1) is 15.6 Å². The molecule has 0 radical (unpaired) electrons. The van der Waals surface area contributed by atoms with E-state index in [4.69, 9.17) is 23.2 Å². The monoisotopic (exact) mass is 337 g/mol. The summed E-state index contributed by atoms with van der Waals surface area (Å²) in [7, 11) is 0. The number of aromatic nitrogens is 1. The van der Waals surface area contributed by atoms with Gasteiger partial charge in [-0.15, -0.1) is 0 Å². The van der Waals surface area contributed by atoms with Gasteiger partial charge in [-0.1, -0.05) is 23.2 Å². The van der Waals surface area contributed by atoms with Gasteiger partial charge in [0, 0.05) is 15.2 Å². The van der Waals surface area contributed by atoms with E-state index < -0.39 is 0 Å². The molecule has 1 aromatic heterocycles. The van der Waals surface area contributed by atoms with Crippen molar-refractivity contribution in [3.05, 3.63) is 37.5 Å². The highest BCUT2D eigenvalue weighted by atomic mass is 127. The molecule has 0 aliphatic carbocycles. The minimum atomic E-state index is 0.654. The highest BCUT2D eigenvalue weighted by molar-refractivity contribution is 14.1. The number of fused-ring (bicyclic) bond motifs is 1. The van der Waals surface area contributed by atoms with Crippen molar-refractivity contribution >= 4 is 56.7 Å². The molecule has 2 aromatic rings. The minimum Gasteiger partial charge on any atom is -0.255 e. The molecular formula is C10H6Cl2IN. The van der Waals surface area contributed by atoms with Gasteiger partial charge in [-0.25, -0.2) is 0 Å². The normalized spacial score (nSPS) is 10.9. The van der Waals surface area contributed by atoms with Crippen LogP contribution in [0.15, 0.2) is 18.3 Å². The molecule has 4 heteroatoms. The molecule has 14 heavy (non-hydrogen) atoms. The first kappa shape index (κ1) is 10.5. The van der Waals surface area contributed by atoms with E-state index in [2.05, 4.69) is 27.6 Å². The Morgan fingerprint density at radius 3 is 2.71 bits per heavy atom. The summed E-state index contributed by atoms with van der Waals surface area (Å²) >= 11 is 14.5. The first-order chi connectivity index (χ1) is 6.61. The van der Waals surface area contributed by atoms with Crippen molar-refractivity contribution in [1.29, 1.82) is 0 Å². The van der Waals surface area contributed by atoms with Crippen molar-refractivity contribution in [2.75, 3.05) is 0 Å². The largest absolute Gasteiger partial charge is 0.255 e. The summed E-state index contributed by atoms with van der Waals surface area (Å²) in [6.07, 6.45) is 1.77. The van der Waals surface area contributed by atoms with Gasteiger partial charge in [0.15, 0.2) is 0 Å². The number of hydrogen-bond donors (Lipinski definition) is 0. The van der Waals surface area contributed by atoms with E-state index in [0.29, 0.717) is 10.0 Å². The fourth-order valence-electron chi connectivity index (χ4n) is 1.29. The molecule has 0 bridgehead atoms. The second-order valence-corrected chi connectivity index (χ2v) is 4.96. The molecule has 0 atom stereocenters. The third kappa shape index (κ3) is 1.59. The number of aryl methyl sites for hydroxylation is 1. The van der Waals surface area contributed by atoms with Crippen LogP contribution in [-0.4, -0.2) is 4.98 Å². The fourth-order valence-corrected chi connectivity index (χ4v) is 2.42. The van der Waals surface area contributed by atoms with E-state index in [9.17, 15) is 0 Å². The number of halogens is 3.